The highest BCUT2D eigenvalue weighted by Crippen LogP contribution is 2.65. The molecule has 4 aromatic carbocycles. The second kappa shape index (κ2) is 12.2. The summed E-state index contributed by atoms with van der Waals surface area (Å²) in [5.74, 6) is -6.51. The van der Waals surface area contributed by atoms with E-state index in [0.717, 1.165) is 21.5 Å². The van der Waals surface area contributed by atoms with E-state index in [1.807, 2.05) is 91.9 Å². The molecule has 2 aliphatic carbocycles. The number of aromatic hydroxyl groups is 1. The highest BCUT2D eigenvalue weighted by molar-refractivity contribution is 6.13. The Kier molecular flexibility index (Phi) is 7.77. The number of aryl methyl sites for hydroxylation is 1. The minimum absolute atomic E-state index is 0.00302. The number of fused-ring (bicyclic) bond motifs is 5. The van der Waals surface area contributed by atoms with Gasteiger partial charge in [-0.1, -0.05) is 96.1 Å². The molecule has 10 nitrogen and oxygen atoms in total. The van der Waals surface area contributed by atoms with Crippen LogP contribution in [-0.4, -0.2) is 56.3 Å². The molecule has 10 heteroatoms. The van der Waals surface area contributed by atoms with Gasteiger partial charge in [0, 0.05) is 29.8 Å². The third-order valence-electron chi connectivity index (χ3n) is 11.5. The van der Waals surface area contributed by atoms with Crippen molar-refractivity contribution >= 4 is 46.1 Å². The maximum absolute atomic E-state index is 15.3. The van der Waals surface area contributed by atoms with Crippen molar-refractivity contribution in [3.8, 4) is 5.75 Å². The number of allylic oxidation sites excluding steroid dienone is 2. The summed E-state index contributed by atoms with van der Waals surface area (Å²) in [4.78, 5) is 70.4. The fourth-order valence-corrected chi connectivity index (χ4v) is 9.27. The van der Waals surface area contributed by atoms with Crippen LogP contribution in [0.2, 0.25) is 0 Å². The van der Waals surface area contributed by atoms with Crippen LogP contribution < -0.4 is 5.43 Å². The molecule has 3 N–H and O–H groups in total. The van der Waals surface area contributed by atoms with E-state index in [4.69, 9.17) is 0 Å². The molecule has 4 aliphatic rings. The third-order valence-corrected chi connectivity index (χ3v) is 11.5. The Labute approximate surface area is 294 Å². The topological polar surface area (TPSA) is 144 Å². The van der Waals surface area contributed by atoms with Crippen molar-refractivity contribution in [1.82, 2.24) is 9.91 Å². The van der Waals surface area contributed by atoms with Crippen molar-refractivity contribution in [2.24, 2.45) is 23.7 Å². The average molecular weight is 684 g/mol. The van der Waals surface area contributed by atoms with Crippen molar-refractivity contribution in [3.05, 3.63) is 119 Å². The van der Waals surface area contributed by atoms with E-state index in [1.54, 1.807) is 12.1 Å². The summed E-state index contributed by atoms with van der Waals surface area (Å²) in [6, 6.07) is 27.7. The number of likely N-dealkylation sites (tertiary alicyclic amines) is 1. The van der Waals surface area contributed by atoms with Gasteiger partial charge in [0.1, 0.15) is 5.75 Å². The van der Waals surface area contributed by atoms with Crippen LogP contribution in [-0.2, 0) is 29.4 Å². The number of carbonyl (C=O) groups excluding carboxylic acids is 4. The van der Waals surface area contributed by atoms with Gasteiger partial charge in [0.2, 0.25) is 11.8 Å². The number of nitrogens with zero attached hydrogens (tertiary/aromatic N) is 2. The molecule has 1 saturated carbocycles. The molecular weight excluding hydrogens is 646 g/mol. The zero-order valence-electron chi connectivity index (χ0n) is 28.0. The second-order valence-corrected chi connectivity index (χ2v) is 14.1. The molecule has 2 heterocycles. The third kappa shape index (κ3) is 4.87. The Bertz CT molecular complexity index is 2150. The summed E-state index contributed by atoms with van der Waals surface area (Å²) in [6.07, 6.45) is 2.28. The molecular formula is C41H37N3O7. The zero-order valence-corrected chi connectivity index (χ0v) is 28.0. The van der Waals surface area contributed by atoms with Gasteiger partial charge in [-0.15, -0.1) is 0 Å². The lowest BCUT2D eigenvalue weighted by Gasteiger charge is -2.50. The number of nitrogens with one attached hydrogen (secondary N) is 1. The van der Waals surface area contributed by atoms with Crippen LogP contribution in [0, 0.1) is 30.6 Å². The molecule has 0 radical (unpaired) electrons. The van der Waals surface area contributed by atoms with E-state index < -0.39 is 52.8 Å². The predicted molar refractivity (Wildman–Crippen MR) is 188 cm³/mol. The molecule has 258 valence electrons. The number of rotatable bonds is 8. The molecule has 4 aromatic rings. The van der Waals surface area contributed by atoms with Gasteiger partial charge in [-0.3, -0.25) is 34.3 Å². The van der Waals surface area contributed by atoms with Crippen LogP contribution in [0.5, 0.6) is 5.75 Å². The first-order valence-corrected chi connectivity index (χ1v) is 17.4. The van der Waals surface area contributed by atoms with E-state index in [1.165, 1.54) is 4.90 Å². The van der Waals surface area contributed by atoms with E-state index in [0.29, 0.717) is 22.2 Å². The summed E-state index contributed by atoms with van der Waals surface area (Å²) in [5, 5.41) is 23.8. The van der Waals surface area contributed by atoms with Crippen molar-refractivity contribution in [1.29, 1.82) is 0 Å². The van der Waals surface area contributed by atoms with Crippen LogP contribution in [0.1, 0.15) is 48.3 Å². The number of hydrogen-bond donors (Lipinski definition) is 3. The minimum Gasteiger partial charge on any atom is -0.507 e. The summed E-state index contributed by atoms with van der Waals surface area (Å²) in [6.45, 7) is 1.94. The van der Waals surface area contributed by atoms with E-state index in [9.17, 15) is 29.4 Å². The van der Waals surface area contributed by atoms with Crippen LogP contribution in [0.15, 0.2) is 103 Å². The Hall–Kier alpha value is -5.77. The smallest absolute Gasteiger partial charge is 0.303 e. The second-order valence-electron chi connectivity index (χ2n) is 14.1. The molecule has 6 unspecified atom stereocenters. The standard InChI is InChI=1S/C41H37N3O7/c1-23-13-16-26(17-14-23)42-44-38(49)32-22-31-28(19-20-29-34(31)39(50)43(37(29)48)21-7-12-33(45)46)35(41(32,40(44)51)25-9-3-2-4-10-25)30-18-15-24-8-5-6-11-27(24)36(30)47/h2-6,8-11,13-19,29,31-32,34-35,42,47H,7,12,20-22H2,1H3,(H,45,46). The van der Waals surface area contributed by atoms with Crippen molar-refractivity contribution in [2.45, 2.75) is 43.9 Å². The first-order chi connectivity index (χ1) is 24.6. The number of imide groups is 2. The van der Waals surface area contributed by atoms with Gasteiger partial charge in [0.25, 0.3) is 11.8 Å². The lowest BCUT2D eigenvalue weighted by molar-refractivity contribution is -0.142. The van der Waals surface area contributed by atoms with E-state index in [2.05, 4.69) is 5.43 Å². The van der Waals surface area contributed by atoms with Gasteiger partial charge in [0.15, 0.2) is 0 Å². The first-order valence-electron chi connectivity index (χ1n) is 17.4. The molecule has 4 amide bonds. The summed E-state index contributed by atoms with van der Waals surface area (Å²) >= 11 is 0. The summed E-state index contributed by atoms with van der Waals surface area (Å²) in [7, 11) is 0. The number of aliphatic carboxylic acids is 1. The Morgan fingerprint density at radius 3 is 2.33 bits per heavy atom. The first kappa shape index (κ1) is 32.4. The molecule has 51 heavy (non-hydrogen) atoms. The zero-order chi connectivity index (χ0) is 35.6. The highest BCUT2D eigenvalue weighted by atomic mass is 16.4. The number of phenolic OH excluding ortho intramolecular Hbond substituents is 1. The van der Waals surface area contributed by atoms with Gasteiger partial charge in [0.05, 0.1) is 28.9 Å². The number of phenols is 1. The van der Waals surface area contributed by atoms with Gasteiger partial charge in [-0.2, -0.15) is 5.01 Å². The lowest BCUT2D eigenvalue weighted by Crippen LogP contribution is -2.53. The maximum atomic E-state index is 15.3. The Balaban J connectivity index is 1.32. The van der Waals surface area contributed by atoms with Gasteiger partial charge in [-0.25, -0.2) is 0 Å². The molecule has 2 saturated heterocycles. The largest absolute Gasteiger partial charge is 0.507 e. The quantitative estimate of drug-likeness (QED) is 0.159. The molecule has 0 aromatic heterocycles. The number of hydrazine groups is 1. The average Bonchev–Trinajstić information content (AvgIpc) is 3.50. The van der Waals surface area contributed by atoms with Crippen LogP contribution >= 0.6 is 0 Å². The summed E-state index contributed by atoms with van der Waals surface area (Å²) < 4.78 is 0. The van der Waals surface area contributed by atoms with Crippen LogP contribution in [0.4, 0.5) is 5.69 Å². The number of benzene rings is 4. The molecule has 0 bridgehead atoms. The molecule has 3 fully saturated rings. The van der Waals surface area contributed by atoms with Crippen molar-refractivity contribution < 1.29 is 34.2 Å². The number of hydrogen-bond acceptors (Lipinski definition) is 7. The minimum atomic E-state index is -1.50. The fraction of sp³-hybridized carbons (Fsp3) is 0.293. The van der Waals surface area contributed by atoms with E-state index >= 15 is 4.79 Å². The molecule has 8 rings (SSSR count). The Morgan fingerprint density at radius 2 is 1.59 bits per heavy atom. The number of amides is 4. The van der Waals surface area contributed by atoms with Crippen molar-refractivity contribution in [3.63, 3.8) is 0 Å². The number of anilines is 1. The molecule has 0 spiro atoms. The maximum Gasteiger partial charge on any atom is 0.303 e. The molecule has 2 aliphatic heterocycles. The van der Waals surface area contributed by atoms with E-state index in [-0.39, 0.29) is 49.8 Å². The van der Waals surface area contributed by atoms with Crippen molar-refractivity contribution in [2.75, 3.05) is 12.0 Å². The van der Waals surface area contributed by atoms with Crippen LogP contribution in [0.3, 0.4) is 0 Å². The number of carbonyl (C=O) groups is 5. The number of carboxylic acids is 1. The predicted octanol–water partition coefficient (Wildman–Crippen LogP) is 5.70. The normalized spacial score (nSPS) is 26.9. The highest BCUT2D eigenvalue weighted by Gasteiger charge is 2.70. The van der Waals surface area contributed by atoms with Gasteiger partial charge >= 0.3 is 5.97 Å². The lowest BCUT2D eigenvalue weighted by atomic mass is 9.49. The van der Waals surface area contributed by atoms with Gasteiger partial charge < -0.3 is 10.2 Å². The van der Waals surface area contributed by atoms with Crippen LogP contribution in [0.25, 0.3) is 10.8 Å². The monoisotopic (exact) mass is 683 g/mol. The SMILES string of the molecule is Cc1ccc(NN2C(=O)C3CC4C(=CCC5C(=O)N(CCCC(=O)O)C(=O)C54)C(c4ccc5ccccc5c4O)C3(c3ccccc3)C2=O)cc1. The Morgan fingerprint density at radius 1 is 0.863 bits per heavy atom. The summed E-state index contributed by atoms with van der Waals surface area (Å²) in [5.41, 5.74) is 4.98. The number of carboxylic acid groups (broad SMARTS) is 1. The van der Waals surface area contributed by atoms with Gasteiger partial charge in [-0.05, 0) is 55.2 Å². The fourth-order valence-electron chi connectivity index (χ4n) is 9.27. The molecule has 6 atom stereocenters.